The van der Waals surface area contributed by atoms with Gasteiger partial charge >= 0.3 is 0 Å². The molecule has 18 heavy (non-hydrogen) atoms. The van der Waals surface area contributed by atoms with Crippen LogP contribution in [0.25, 0.3) is 0 Å². The highest BCUT2D eigenvalue weighted by atomic mass is 15.1. The van der Waals surface area contributed by atoms with Gasteiger partial charge in [-0.15, -0.1) is 0 Å². The molecule has 3 heteroatoms. The van der Waals surface area contributed by atoms with Crippen LogP contribution in [0.2, 0.25) is 0 Å². The Bertz CT molecular complexity index is 271. The second-order valence-electron chi connectivity index (χ2n) is 5.79. The van der Waals surface area contributed by atoms with Crippen LogP contribution in [0.4, 0.5) is 0 Å². The highest BCUT2D eigenvalue weighted by Crippen LogP contribution is 2.20. The minimum atomic E-state index is -0.339. The summed E-state index contributed by atoms with van der Waals surface area (Å²) >= 11 is 0. The average Bonchev–Trinajstić information content (AvgIpc) is 2.39. The topological polar surface area (TPSA) is 39.1 Å². The number of rotatable bonds is 7. The van der Waals surface area contributed by atoms with Crippen LogP contribution in [0.3, 0.4) is 0 Å². The highest BCUT2D eigenvalue weighted by molar-refractivity contribution is 5.03. The van der Waals surface area contributed by atoms with E-state index in [0.29, 0.717) is 0 Å². The van der Waals surface area contributed by atoms with Crippen molar-refractivity contribution in [2.24, 2.45) is 5.92 Å². The van der Waals surface area contributed by atoms with Crippen molar-refractivity contribution in [2.75, 3.05) is 26.2 Å². The second-order valence-corrected chi connectivity index (χ2v) is 5.79. The first-order chi connectivity index (χ1) is 8.63. The number of nitrogens with zero attached hydrogens (tertiary/aromatic N) is 2. The predicted octanol–water partition coefficient (Wildman–Crippen LogP) is 2.78. The maximum Gasteiger partial charge on any atom is 0.103 e. The fraction of sp³-hybridized carbons (Fsp3) is 0.933. The number of nitrogens with one attached hydrogen (secondary N) is 1. The molecule has 1 aliphatic rings. The van der Waals surface area contributed by atoms with Crippen molar-refractivity contribution in [3.63, 3.8) is 0 Å². The molecule has 1 aliphatic heterocycles. The van der Waals surface area contributed by atoms with Crippen LogP contribution in [0.5, 0.6) is 0 Å². The van der Waals surface area contributed by atoms with E-state index in [0.717, 1.165) is 31.8 Å². The van der Waals surface area contributed by atoms with E-state index in [1.807, 2.05) is 6.92 Å². The third-order valence-electron chi connectivity index (χ3n) is 4.15. The first-order valence-corrected chi connectivity index (χ1v) is 7.52. The van der Waals surface area contributed by atoms with Crippen LogP contribution in [-0.2, 0) is 0 Å². The van der Waals surface area contributed by atoms with Gasteiger partial charge in [-0.05, 0) is 58.2 Å². The minimum absolute atomic E-state index is 0.339. The normalized spacial score (nSPS) is 24.4. The Hall–Kier alpha value is -0.590. The van der Waals surface area contributed by atoms with Gasteiger partial charge in [0.15, 0.2) is 0 Å². The van der Waals surface area contributed by atoms with Crippen LogP contribution in [-0.4, -0.2) is 36.6 Å². The molecule has 1 N–H and O–H groups in total. The van der Waals surface area contributed by atoms with Crippen LogP contribution >= 0.6 is 0 Å². The lowest BCUT2D eigenvalue weighted by molar-refractivity contribution is 0.166. The van der Waals surface area contributed by atoms with Gasteiger partial charge in [0.05, 0.1) is 6.07 Å². The molecule has 0 aliphatic carbocycles. The minimum Gasteiger partial charge on any atom is -0.303 e. The van der Waals surface area contributed by atoms with E-state index in [1.54, 1.807) is 0 Å². The molecule has 0 bridgehead atoms. The van der Waals surface area contributed by atoms with E-state index in [1.165, 1.54) is 32.4 Å². The van der Waals surface area contributed by atoms with E-state index < -0.39 is 0 Å². The monoisotopic (exact) mass is 251 g/mol. The van der Waals surface area contributed by atoms with Gasteiger partial charge in [-0.3, -0.25) is 5.32 Å². The predicted molar refractivity (Wildman–Crippen MR) is 76.4 cm³/mol. The van der Waals surface area contributed by atoms with Crippen molar-refractivity contribution in [3.8, 4) is 6.07 Å². The van der Waals surface area contributed by atoms with E-state index in [2.05, 4.69) is 30.1 Å². The van der Waals surface area contributed by atoms with Gasteiger partial charge < -0.3 is 4.90 Å². The number of hydrogen-bond acceptors (Lipinski definition) is 3. The quantitative estimate of drug-likeness (QED) is 0.756. The molecule has 2 atom stereocenters. The molecule has 0 aromatic heterocycles. The highest BCUT2D eigenvalue weighted by Gasteiger charge is 2.23. The van der Waals surface area contributed by atoms with E-state index in [9.17, 15) is 5.26 Å². The first-order valence-electron chi connectivity index (χ1n) is 7.52. The van der Waals surface area contributed by atoms with Gasteiger partial charge in [-0.25, -0.2) is 0 Å². The van der Waals surface area contributed by atoms with E-state index in [-0.39, 0.29) is 5.54 Å². The van der Waals surface area contributed by atoms with Crippen LogP contribution in [0, 0.1) is 17.2 Å². The molecule has 0 saturated carbocycles. The first kappa shape index (κ1) is 15.5. The molecular formula is C15H29N3. The number of hydrogen-bond donors (Lipinski definition) is 1. The van der Waals surface area contributed by atoms with Crippen molar-refractivity contribution in [1.29, 1.82) is 5.26 Å². The Labute approximate surface area is 113 Å². The summed E-state index contributed by atoms with van der Waals surface area (Å²) < 4.78 is 0. The van der Waals surface area contributed by atoms with Crippen molar-refractivity contribution >= 4 is 0 Å². The van der Waals surface area contributed by atoms with Gasteiger partial charge in [0.25, 0.3) is 0 Å². The molecule has 2 unspecified atom stereocenters. The molecule has 0 aromatic rings. The Morgan fingerprint density at radius 3 is 2.83 bits per heavy atom. The summed E-state index contributed by atoms with van der Waals surface area (Å²) in [6.45, 7) is 10.9. The van der Waals surface area contributed by atoms with Gasteiger partial charge in [-0.2, -0.15) is 5.26 Å². The maximum absolute atomic E-state index is 9.21. The van der Waals surface area contributed by atoms with Crippen molar-refractivity contribution in [1.82, 2.24) is 10.2 Å². The van der Waals surface area contributed by atoms with Gasteiger partial charge in [-0.1, -0.05) is 20.3 Å². The summed E-state index contributed by atoms with van der Waals surface area (Å²) in [6.07, 6.45) is 6.13. The Kier molecular flexibility index (Phi) is 6.67. The summed E-state index contributed by atoms with van der Waals surface area (Å²) in [7, 11) is 0. The van der Waals surface area contributed by atoms with Gasteiger partial charge in [0, 0.05) is 6.54 Å². The SMILES string of the molecule is CCNC(C)(C#N)CCCN1CCCC(CC)C1. The average molecular weight is 251 g/mol. The number of nitriles is 1. The molecular weight excluding hydrogens is 222 g/mol. The number of likely N-dealkylation sites (tertiary alicyclic amines) is 1. The standard InChI is InChI=1S/C15H29N3/c1-4-14-8-6-10-18(12-14)11-7-9-15(3,13-16)17-5-2/h14,17H,4-12H2,1-3H3. The molecule has 0 aromatic carbocycles. The zero-order valence-corrected chi connectivity index (χ0v) is 12.3. The molecule has 1 heterocycles. The zero-order chi connectivity index (χ0) is 13.4. The molecule has 1 saturated heterocycles. The molecule has 0 amide bonds. The van der Waals surface area contributed by atoms with Crippen LogP contribution in [0.1, 0.15) is 52.9 Å². The van der Waals surface area contributed by atoms with Crippen molar-refractivity contribution in [2.45, 2.75) is 58.4 Å². The summed E-state index contributed by atoms with van der Waals surface area (Å²) in [6, 6.07) is 2.41. The van der Waals surface area contributed by atoms with Crippen LogP contribution in [0.15, 0.2) is 0 Å². The second kappa shape index (κ2) is 7.76. The van der Waals surface area contributed by atoms with Crippen molar-refractivity contribution in [3.05, 3.63) is 0 Å². The fourth-order valence-electron chi connectivity index (χ4n) is 2.92. The summed E-state index contributed by atoms with van der Waals surface area (Å²) in [5.41, 5.74) is -0.339. The zero-order valence-electron chi connectivity index (χ0n) is 12.3. The summed E-state index contributed by atoms with van der Waals surface area (Å²) in [4.78, 5) is 2.58. The lowest BCUT2D eigenvalue weighted by Crippen LogP contribution is -2.42. The summed E-state index contributed by atoms with van der Waals surface area (Å²) in [5.74, 6) is 0.898. The Morgan fingerprint density at radius 1 is 1.44 bits per heavy atom. The molecule has 3 nitrogen and oxygen atoms in total. The van der Waals surface area contributed by atoms with E-state index in [4.69, 9.17) is 0 Å². The molecule has 0 radical (unpaired) electrons. The Balaban J connectivity index is 2.26. The molecule has 104 valence electrons. The summed E-state index contributed by atoms with van der Waals surface area (Å²) in [5, 5.41) is 12.5. The Morgan fingerprint density at radius 2 is 2.22 bits per heavy atom. The third-order valence-corrected chi connectivity index (χ3v) is 4.15. The third kappa shape index (κ3) is 4.96. The molecule has 1 fully saturated rings. The fourth-order valence-corrected chi connectivity index (χ4v) is 2.92. The lowest BCUT2D eigenvalue weighted by atomic mass is 9.94. The van der Waals surface area contributed by atoms with Crippen LogP contribution < -0.4 is 5.32 Å². The van der Waals surface area contributed by atoms with E-state index >= 15 is 0 Å². The van der Waals surface area contributed by atoms with Gasteiger partial charge in [0.1, 0.15) is 5.54 Å². The largest absolute Gasteiger partial charge is 0.303 e. The lowest BCUT2D eigenvalue weighted by Gasteiger charge is -2.33. The van der Waals surface area contributed by atoms with Crippen molar-refractivity contribution < 1.29 is 0 Å². The number of piperidine rings is 1. The maximum atomic E-state index is 9.21. The van der Waals surface area contributed by atoms with Gasteiger partial charge in [0.2, 0.25) is 0 Å². The molecule has 1 rings (SSSR count). The smallest absolute Gasteiger partial charge is 0.103 e. The molecule has 0 spiro atoms.